The normalized spacial score (nSPS) is 13.2. The van der Waals surface area contributed by atoms with Crippen LogP contribution in [0, 0.1) is 0 Å². The first-order chi connectivity index (χ1) is 10.4. The van der Waals surface area contributed by atoms with Crippen LogP contribution in [0.25, 0.3) is 0 Å². The van der Waals surface area contributed by atoms with E-state index in [0.717, 1.165) is 0 Å². The van der Waals surface area contributed by atoms with Crippen molar-refractivity contribution in [3.05, 3.63) is 85.6 Å². The molecule has 0 unspecified atom stereocenters. The molecular weight excluding hydrogens is 252 g/mol. The molecule has 0 amide bonds. The summed E-state index contributed by atoms with van der Waals surface area (Å²) >= 11 is 0. The fourth-order valence-corrected chi connectivity index (χ4v) is 1.70. The zero-order valence-corrected chi connectivity index (χ0v) is 13.5. The molecule has 0 aromatic carbocycles. The van der Waals surface area contributed by atoms with Crippen molar-refractivity contribution >= 4 is 0 Å². The van der Waals surface area contributed by atoms with Gasteiger partial charge in [-0.05, 0) is 12.8 Å². The summed E-state index contributed by atoms with van der Waals surface area (Å²) < 4.78 is 0. The van der Waals surface area contributed by atoms with Gasteiger partial charge >= 0.3 is 0 Å². The van der Waals surface area contributed by atoms with Gasteiger partial charge in [0, 0.05) is 0 Å². The first kappa shape index (κ1) is 19.2. The van der Waals surface area contributed by atoms with Crippen LogP contribution in [-0.4, -0.2) is 0 Å². The number of hydrogen-bond donors (Lipinski definition) is 0. The third-order valence-electron chi connectivity index (χ3n) is 2.86. The second-order valence-electron chi connectivity index (χ2n) is 4.79. The van der Waals surface area contributed by atoms with E-state index in [9.17, 15) is 0 Å². The maximum atomic E-state index is 3.61. The Morgan fingerprint density at radius 1 is 0.571 bits per heavy atom. The van der Waals surface area contributed by atoms with Gasteiger partial charge in [-0.3, -0.25) is 0 Å². The lowest BCUT2D eigenvalue weighted by Gasteiger charge is -1.95. The van der Waals surface area contributed by atoms with Gasteiger partial charge in [0.1, 0.15) is 0 Å². The number of rotatable bonds is 12. The zero-order valence-electron chi connectivity index (χ0n) is 13.5. The van der Waals surface area contributed by atoms with Gasteiger partial charge in [0.15, 0.2) is 0 Å². The fraction of sp³-hybridized carbons (Fsp3) is 0.333. The summed E-state index contributed by atoms with van der Waals surface area (Å²) in [5.74, 6) is 0. The van der Waals surface area contributed by atoms with Crippen LogP contribution in [-0.2, 0) is 0 Å². The smallest absolute Gasteiger partial charge is 0.0348 e. The Morgan fingerprint density at radius 3 is 1.57 bits per heavy atom. The van der Waals surface area contributed by atoms with Crippen LogP contribution in [0.5, 0.6) is 0 Å². The van der Waals surface area contributed by atoms with Gasteiger partial charge in [0.05, 0.1) is 0 Å². The molecule has 0 aliphatic rings. The number of unbranched alkanes of at least 4 members (excludes halogenated alkanes) is 5. The molecule has 0 saturated carbocycles. The Kier molecular flexibility index (Phi) is 16.6. The van der Waals surface area contributed by atoms with Crippen LogP contribution in [0.2, 0.25) is 0 Å². The molecule has 0 aromatic heterocycles. The molecule has 0 fully saturated rings. The molecule has 0 N–H and O–H groups in total. The minimum absolute atomic E-state index is 1.20. The molecule has 0 spiro atoms. The predicted molar refractivity (Wildman–Crippen MR) is 98.4 cm³/mol. The highest BCUT2D eigenvalue weighted by molar-refractivity contribution is 5.20. The zero-order chi connectivity index (χ0) is 15.4. The Morgan fingerprint density at radius 2 is 1.05 bits per heavy atom. The quantitative estimate of drug-likeness (QED) is 0.270. The summed E-state index contributed by atoms with van der Waals surface area (Å²) in [5.41, 5.74) is 0. The maximum Gasteiger partial charge on any atom is -0.0348 e. The molecule has 0 saturated heterocycles. The van der Waals surface area contributed by atoms with Gasteiger partial charge in [-0.25, -0.2) is 0 Å². The molecule has 114 valence electrons. The molecule has 0 radical (unpaired) electrons. The highest BCUT2D eigenvalue weighted by atomic mass is 13.9. The SMILES string of the molecule is C=C/C=C/C=C/C=C/C=C/C=C/C=C/CCCCCCC. The fourth-order valence-electron chi connectivity index (χ4n) is 1.70. The minimum Gasteiger partial charge on any atom is -0.0991 e. The molecule has 0 nitrogen and oxygen atoms in total. The molecule has 0 atom stereocenters. The predicted octanol–water partition coefficient (Wildman–Crippen LogP) is 6.87. The van der Waals surface area contributed by atoms with Gasteiger partial charge in [0.25, 0.3) is 0 Å². The largest absolute Gasteiger partial charge is 0.0991 e. The Labute approximate surface area is 131 Å². The average Bonchev–Trinajstić information content (AvgIpc) is 2.50. The van der Waals surface area contributed by atoms with Crippen molar-refractivity contribution in [3.63, 3.8) is 0 Å². The van der Waals surface area contributed by atoms with Crippen molar-refractivity contribution in [3.8, 4) is 0 Å². The summed E-state index contributed by atoms with van der Waals surface area (Å²) in [6.45, 7) is 5.86. The van der Waals surface area contributed by atoms with Crippen LogP contribution < -0.4 is 0 Å². The van der Waals surface area contributed by atoms with Gasteiger partial charge in [-0.1, -0.05) is 118 Å². The van der Waals surface area contributed by atoms with Crippen molar-refractivity contribution < 1.29 is 0 Å². The monoisotopic (exact) mass is 282 g/mol. The van der Waals surface area contributed by atoms with Crippen molar-refractivity contribution in [2.24, 2.45) is 0 Å². The Bertz CT molecular complexity index is 386. The van der Waals surface area contributed by atoms with E-state index in [1.807, 2.05) is 48.6 Å². The molecule has 0 rings (SSSR count). The summed E-state index contributed by atoms with van der Waals surface area (Å²) in [6, 6.07) is 0. The summed E-state index contributed by atoms with van der Waals surface area (Å²) in [6.07, 6.45) is 34.1. The molecule has 0 bridgehead atoms. The maximum absolute atomic E-state index is 3.61. The standard InChI is InChI=1S/C21H30/c1-3-5-7-9-11-13-15-17-19-21-20-18-16-14-12-10-8-6-4-2/h3,5,7,9,11,13,15-21H,1,4,6,8,10,12,14H2,2H3/b7-5+,11-9+,15-13+,18-16+,19-17+,21-20+. The molecule has 0 heterocycles. The van der Waals surface area contributed by atoms with Gasteiger partial charge in [-0.15, -0.1) is 0 Å². The van der Waals surface area contributed by atoms with E-state index in [2.05, 4.69) is 37.8 Å². The van der Waals surface area contributed by atoms with E-state index in [0.29, 0.717) is 0 Å². The van der Waals surface area contributed by atoms with E-state index >= 15 is 0 Å². The first-order valence-corrected chi connectivity index (χ1v) is 8.02. The topological polar surface area (TPSA) is 0 Å². The lowest BCUT2D eigenvalue weighted by atomic mass is 10.1. The van der Waals surface area contributed by atoms with Crippen LogP contribution in [0.3, 0.4) is 0 Å². The van der Waals surface area contributed by atoms with Crippen LogP contribution in [0.1, 0.15) is 45.4 Å². The number of allylic oxidation sites excluding steroid dienone is 13. The molecule has 0 heteroatoms. The minimum atomic E-state index is 1.20. The van der Waals surface area contributed by atoms with E-state index in [1.54, 1.807) is 6.08 Å². The first-order valence-electron chi connectivity index (χ1n) is 8.02. The lowest BCUT2D eigenvalue weighted by Crippen LogP contribution is -1.75. The van der Waals surface area contributed by atoms with Crippen molar-refractivity contribution in [2.45, 2.75) is 45.4 Å². The molecule has 0 aromatic rings. The van der Waals surface area contributed by atoms with Crippen LogP contribution in [0.15, 0.2) is 85.6 Å². The number of hydrogen-bond acceptors (Lipinski definition) is 0. The van der Waals surface area contributed by atoms with Crippen LogP contribution >= 0.6 is 0 Å². The Hall–Kier alpha value is -1.82. The summed E-state index contributed by atoms with van der Waals surface area (Å²) in [7, 11) is 0. The van der Waals surface area contributed by atoms with Gasteiger partial charge in [0.2, 0.25) is 0 Å². The summed E-state index contributed by atoms with van der Waals surface area (Å²) in [4.78, 5) is 0. The van der Waals surface area contributed by atoms with Crippen molar-refractivity contribution in [2.75, 3.05) is 0 Å². The molecular formula is C21H30. The third kappa shape index (κ3) is 18.2. The second kappa shape index (κ2) is 18.2. The van der Waals surface area contributed by atoms with E-state index in [4.69, 9.17) is 0 Å². The van der Waals surface area contributed by atoms with Crippen LogP contribution in [0.4, 0.5) is 0 Å². The van der Waals surface area contributed by atoms with Gasteiger partial charge < -0.3 is 0 Å². The van der Waals surface area contributed by atoms with Gasteiger partial charge in [-0.2, -0.15) is 0 Å². The molecule has 21 heavy (non-hydrogen) atoms. The Balaban J connectivity index is 3.59. The second-order valence-corrected chi connectivity index (χ2v) is 4.79. The molecule has 0 aliphatic heterocycles. The molecule has 0 aliphatic carbocycles. The average molecular weight is 282 g/mol. The summed E-state index contributed by atoms with van der Waals surface area (Å²) in [5, 5.41) is 0. The highest BCUT2D eigenvalue weighted by Gasteiger charge is 1.85. The van der Waals surface area contributed by atoms with Crippen molar-refractivity contribution in [1.29, 1.82) is 0 Å². The van der Waals surface area contributed by atoms with E-state index in [1.165, 1.54) is 38.5 Å². The third-order valence-corrected chi connectivity index (χ3v) is 2.86. The van der Waals surface area contributed by atoms with E-state index < -0.39 is 0 Å². The van der Waals surface area contributed by atoms with Crippen molar-refractivity contribution in [1.82, 2.24) is 0 Å². The van der Waals surface area contributed by atoms with E-state index in [-0.39, 0.29) is 0 Å². The highest BCUT2D eigenvalue weighted by Crippen LogP contribution is 2.05. The lowest BCUT2D eigenvalue weighted by molar-refractivity contribution is 0.637.